The lowest BCUT2D eigenvalue weighted by atomic mass is 9.33. The summed E-state index contributed by atoms with van der Waals surface area (Å²) in [5.74, 6) is 0.601. The van der Waals surface area contributed by atoms with E-state index >= 15 is 0 Å². The van der Waals surface area contributed by atoms with Crippen molar-refractivity contribution in [2.24, 2.45) is 16.6 Å². The Morgan fingerprint density at radius 2 is 1.57 bits per heavy atom. The quantitative estimate of drug-likeness (QED) is 0.585. The van der Waals surface area contributed by atoms with E-state index in [9.17, 15) is 14.4 Å². The number of hydrogen-bond acceptors (Lipinski definition) is 6. The van der Waals surface area contributed by atoms with E-state index in [-0.39, 0.29) is 41.8 Å². The highest BCUT2D eigenvalue weighted by atomic mass is 16.5. The Morgan fingerprint density at radius 3 is 2.14 bits per heavy atom. The fraction of sp³-hybridized carbons (Fsp3) is 0.444. The van der Waals surface area contributed by atoms with Crippen LogP contribution in [-0.2, 0) is 19.7 Å². The second kappa shape index (κ2) is 8.29. The van der Waals surface area contributed by atoms with Crippen LogP contribution in [0.3, 0.4) is 0 Å². The number of esters is 1. The lowest BCUT2D eigenvalue weighted by Crippen LogP contribution is -2.69. The molecule has 0 aromatic heterocycles. The van der Waals surface area contributed by atoms with Crippen molar-refractivity contribution in [2.45, 2.75) is 31.1 Å². The smallest absolute Gasteiger partial charge is 0.317 e. The number of ether oxygens (including phenoxy) is 3. The molecule has 1 aliphatic heterocycles. The first-order valence-corrected chi connectivity index (χ1v) is 11.8. The Hall–Kier alpha value is -3.55. The van der Waals surface area contributed by atoms with Crippen LogP contribution < -0.4 is 15.2 Å². The highest BCUT2D eigenvalue weighted by molar-refractivity contribution is 5.95. The molecule has 2 N–H and O–H groups in total. The van der Waals surface area contributed by atoms with E-state index in [4.69, 9.17) is 19.9 Å². The fourth-order valence-electron chi connectivity index (χ4n) is 6.00. The molecule has 2 aromatic carbocycles. The standard InChI is InChI=1S/C27H30N2O6/c1-33-20-7-3-18(4-8-20)22(30)29-12-11-25(16-29,24(32)34-2)17-35-21-9-5-19(6-10-21)26-13-27(14-26,15-26)23(28)31/h3-10H,11-17H2,1-2H3,(H2,28,31). The highest BCUT2D eigenvalue weighted by Crippen LogP contribution is 2.73. The van der Waals surface area contributed by atoms with Gasteiger partial charge in [0.1, 0.15) is 23.5 Å². The van der Waals surface area contributed by atoms with Gasteiger partial charge in [-0.3, -0.25) is 14.4 Å². The molecule has 1 saturated heterocycles. The van der Waals surface area contributed by atoms with Crippen molar-refractivity contribution >= 4 is 17.8 Å². The van der Waals surface area contributed by atoms with Gasteiger partial charge in [0, 0.05) is 18.7 Å². The number of rotatable bonds is 8. The van der Waals surface area contributed by atoms with Gasteiger partial charge in [-0.1, -0.05) is 12.1 Å². The molecule has 184 valence electrons. The Labute approximate surface area is 204 Å². The Kier molecular flexibility index (Phi) is 5.49. The minimum absolute atomic E-state index is 0.0641. The molecule has 2 bridgehead atoms. The fourth-order valence-corrected chi connectivity index (χ4v) is 6.00. The number of nitrogens with zero attached hydrogens (tertiary/aromatic N) is 1. The van der Waals surface area contributed by atoms with Gasteiger partial charge in [0.25, 0.3) is 5.91 Å². The normalized spacial score (nSPS) is 28.5. The first-order valence-electron chi connectivity index (χ1n) is 11.8. The van der Waals surface area contributed by atoms with Crippen molar-refractivity contribution < 1.29 is 28.6 Å². The number of amides is 2. The zero-order chi connectivity index (χ0) is 24.8. The maximum Gasteiger partial charge on any atom is 0.317 e. The van der Waals surface area contributed by atoms with Crippen molar-refractivity contribution in [1.82, 2.24) is 4.90 Å². The molecule has 35 heavy (non-hydrogen) atoms. The molecule has 8 nitrogen and oxygen atoms in total. The van der Waals surface area contributed by atoms with Crippen molar-refractivity contribution in [2.75, 3.05) is 33.9 Å². The zero-order valence-electron chi connectivity index (χ0n) is 20.0. The predicted octanol–water partition coefficient (Wildman–Crippen LogP) is 2.69. The summed E-state index contributed by atoms with van der Waals surface area (Å²) in [4.78, 5) is 39.1. The molecule has 3 aliphatic carbocycles. The van der Waals surface area contributed by atoms with Crippen LogP contribution in [0.4, 0.5) is 0 Å². The van der Waals surface area contributed by atoms with Crippen LogP contribution in [0.25, 0.3) is 0 Å². The summed E-state index contributed by atoms with van der Waals surface area (Å²) in [6.07, 6.45) is 2.91. The summed E-state index contributed by atoms with van der Waals surface area (Å²) >= 11 is 0. The molecule has 1 heterocycles. The SMILES string of the molecule is COC(=O)C1(COc2ccc(C34CC(C(N)=O)(C3)C4)cc2)CCN(C(=O)c2ccc(OC)cc2)C1. The Bertz CT molecular complexity index is 1140. The summed E-state index contributed by atoms with van der Waals surface area (Å²) in [6, 6.07) is 14.8. The third-order valence-corrected chi connectivity index (χ3v) is 8.13. The molecule has 6 rings (SSSR count). The van der Waals surface area contributed by atoms with E-state index in [2.05, 4.69) is 0 Å². The molecule has 4 aliphatic rings. The average Bonchev–Trinajstić information content (AvgIpc) is 3.26. The molecule has 8 heteroatoms. The average molecular weight is 479 g/mol. The molecule has 0 radical (unpaired) electrons. The largest absolute Gasteiger partial charge is 0.497 e. The third-order valence-electron chi connectivity index (χ3n) is 8.13. The Balaban J connectivity index is 1.23. The molecule has 4 fully saturated rings. The van der Waals surface area contributed by atoms with Crippen molar-refractivity contribution in [3.05, 3.63) is 59.7 Å². The van der Waals surface area contributed by atoms with Crippen LogP contribution in [0.2, 0.25) is 0 Å². The highest BCUT2D eigenvalue weighted by Gasteiger charge is 2.71. The number of nitrogens with two attached hydrogens (primary N) is 1. The molecule has 0 spiro atoms. The zero-order valence-corrected chi connectivity index (χ0v) is 20.0. The van der Waals surface area contributed by atoms with E-state index in [0.717, 1.165) is 19.3 Å². The van der Waals surface area contributed by atoms with Crippen molar-refractivity contribution in [3.8, 4) is 11.5 Å². The number of hydrogen-bond donors (Lipinski definition) is 1. The number of methoxy groups -OCH3 is 2. The summed E-state index contributed by atoms with van der Waals surface area (Å²) in [5, 5.41) is 0. The molecular formula is C27H30N2O6. The monoisotopic (exact) mass is 478 g/mol. The van der Waals surface area contributed by atoms with E-state index in [1.165, 1.54) is 12.7 Å². The van der Waals surface area contributed by atoms with Gasteiger partial charge in [-0.15, -0.1) is 0 Å². The second-order valence-electron chi connectivity index (χ2n) is 10.2. The first-order chi connectivity index (χ1) is 16.7. The van der Waals surface area contributed by atoms with Crippen LogP contribution in [0.1, 0.15) is 41.6 Å². The number of carbonyl (C=O) groups is 3. The van der Waals surface area contributed by atoms with E-state index in [1.54, 1.807) is 36.3 Å². The molecule has 2 amide bonds. The van der Waals surface area contributed by atoms with E-state index in [1.807, 2.05) is 24.3 Å². The number of primary amides is 1. The first kappa shape index (κ1) is 23.2. The molecule has 2 aromatic rings. The molecule has 3 saturated carbocycles. The topological polar surface area (TPSA) is 108 Å². The van der Waals surface area contributed by atoms with Gasteiger partial charge in [0.05, 0.1) is 19.6 Å². The van der Waals surface area contributed by atoms with Crippen LogP contribution in [0.5, 0.6) is 11.5 Å². The number of benzene rings is 2. The molecule has 1 unspecified atom stereocenters. The predicted molar refractivity (Wildman–Crippen MR) is 127 cm³/mol. The maximum atomic E-state index is 13.0. The molecular weight excluding hydrogens is 448 g/mol. The summed E-state index contributed by atoms with van der Waals surface area (Å²) in [7, 11) is 2.93. The number of likely N-dealkylation sites (tertiary alicyclic amines) is 1. The minimum atomic E-state index is -0.933. The number of carbonyl (C=O) groups excluding carboxylic acids is 3. The van der Waals surface area contributed by atoms with E-state index < -0.39 is 5.41 Å². The Morgan fingerprint density at radius 1 is 0.943 bits per heavy atom. The third kappa shape index (κ3) is 3.72. The van der Waals surface area contributed by atoms with Gasteiger partial charge in [0.15, 0.2) is 0 Å². The van der Waals surface area contributed by atoms with Gasteiger partial charge in [-0.05, 0) is 73.1 Å². The van der Waals surface area contributed by atoms with E-state index in [0.29, 0.717) is 30.0 Å². The summed E-state index contributed by atoms with van der Waals surface area (Å²) in [5.41, 5.74) is 6.09. The van der Waals surface area contributed by atoms with Crippen molar-refractivity contribution in [1.29, 1.82) is 0 Å². The van der Waals surface area contributed by atoms with Gasteiger partial charge < -0.3 is 24.8 Å². The van der Waals surface area contributed by atoms with Gasteiger partial charge in [0.2, 0.25) is 5.91 Å². The lowest BCUT2D eigenvalue weighted by Gasteiger charge is -2.69. The van der Waals surface area contributed by atoms with Crippen LogP contribution in [-0.4, -0.2) is 56.6 Å². The minimum Gasteiger partial charge on any atom is -0.497 e. The second-order valence-corrected chi connectivity index (χ2v) is 10.2. The van der Waals surface area contributed by atoms with Crippen LogP contribution in [0, 0.1) is 10.8 Å². The maximum absolute atomic E-state index is 13.0. The van der Waals surface area contributed by atoms with Crippen LogP contribution >= 0.6 is 0 Å². The van der Waals surface area contributed by atoms with Gasteiger partial charge in [-0.25, -0.2) is 0 Å². The lowest BCUT2D eigenvalue weighted by molar-refractivity contribution is -0.172. The van der Waals surface area contributed by atoms with Gasteiger partial charge in [-0.2, -0.15) is 0 Å². The molecule has 1 atom stereocenters. The van der Waals surface area contributed by atoms with Gasteiger partial charge >= 0.3 is 5.97 Å². The summed E-state index contributed by atoms with van der Waals surface area (Å²) in [6.45, 7) is 0.772. The van der Waals surface area contributed by atoms with Crippen LogP contribution in [0.15, 0.2) is 48.5 Å². The van der Waals surface area contributed by atoms with Crippen molar-refractivity contribution in [3.63, 3.8) is 0 Å². The summed E-state index contributed by atoms with van der Waals surface area (Å²) < 4.78 is 16.3.